The molecule has 0 N–H and O–H groups in total. The number of hydrogen-bond donors (Lipinski definition) is 0. The Kier molecular flexibility index (Phi) is 4.99. The average molecular weight is 293 g/mol. The van der Waals surface area contributed by atoms with Crippen molar-refractivity contribution in [2.24, 2.45) is 5.92 Å². The maximum Gasteiger partial charge on any atom is 0.309 e. The minimum absolute atomic E-state index is 0.0501. The Morgan fingerprint density at radius 2 is 2.40 bits per heavy atom. The summed E-state index contributed by atoms with van der Waals surface area (Å²) in [6.07, 6.45) is 1.86. The number of carbonyl (C=O) groups is 1. The van der Waals surface area contributed by atoms with E-state index in [0.29, 0.717) is 23.7 Å². The van der Waals surface area contributed by atoms with Crippen LogP contribution in [0, 0.1) is 17.2 Å². The number of esters is 1. The van der Waals surface area contributed by atoms with Gasteiger partial charge in [-0.15, -0.1) is 0 Å². The zero-order chi connectivity index (χ0) is 14.5. The van der Waals surface area contributed by atoms with Crippen molar-refractivity contribution < 1.29 is 9.53 Å². The molecule has 1 aliphatic rings. The number of benzene rings is 1. The number of carbonyl (C=O) groups excluding carboxylic acids is 1. The molecule has 5 heteroatoms. The van der Waals surface area contributed by atoms with Gasteiger partial charge in [0.1, 0.15) is 0 Å². The van der Waals surface area contributed by atoms with Crippen molar-refractivity contribution >= 4 is 17.6 Å². The van der Waals surface area contributed by atoms with Gasteiger partial charge in [0.15, 0.2) is 0 Å². The van der Waals surface area contributed by atoms with Crippen LogP contribution < -0.4 is 0 Å². The van der Waals surface area contributed by atoms with Crippen LogP contribution in [0.25, 0.3) is 0 Å². The zero-order valence-corrected chi connectivity index (χ0v) is 12.2. The summed E-state index contributed by atoms with van der Waals surface area (Å²) >= 11 is 6.18. The van der Waals surface area contributed by atoms with Crippen LogP contribution in [0.3, 0.4) is 0 Å². The SMILES string of the molecule is COC(=O)[C@H]1CCCN(Cc2ccc(C#N)cc2Cl)C1. The first kappa shape index (κ1) is 14.8. The van der Waals surface area contributed by atoms with E-state index in [0.717, 1.165) is 24.9 Å². The van der Waals surface area contributed by atoms with Gasteiger partial charge in [-0.3, -0.25) is 9.69 Å². The van der Waals surface area contributed by atoms with Crippen LogP contribution >= 0.6 is 11.6 Å². The number of nitrogens with zero attached hydrogens (tertiary/aromatic N) is 2. The third-order valence-electron chi connectivity index (χ3n) is 3.62. The molecular formula is C15H17ClN2O2. The van der Waals surface area contributed by atoms with Crippen LogP contribution in [0.2, 0.25) is 5.02 Å². The van der Waals surface area contributed by atoms with Gasteiger partial charge in [-0.2, -0.15) is 5.26 Å². The minimum atomic E-state index is -0.138. The lowest BCUT2D eigenvalue weighted by Crippen LogP contribution is -2.38. The van der Waals surface area contributed by atoms with E-state index in [2.05, 4.69) is 11.0 Å². The van der Waals surface area contributed by atoms with Gasteiger partial charge in [-0.05, 0) is 37.1 Å². The molecule has 106 valence electrons. The third kappa shape index (κ3) is 3.50. The smallest absolute Gasteiger partial charge is 0.309 e. The quantitative estimate of drug-likeness (QED) is 0.804. The maximum atomic E-state index is 11.6. The molecule has 4 nitrogen and oxygen atoms in total. The highest BCUT2D eigenvalue weighted by molar-refractivity contribution is 6.31. The molecule has 1 aliphatic heterocycles. The topological polar surface area (TPSA) is 53.3 Å². The molecule has 1 fully saturated rings. The van der Waals surface area contributed by atoms with Gasteiger partial charge in [0.25, 0.3) is 0 Å². The molecule has 0 amide bonds. The number of nitriles is 1. The first-order valence-electron chi connectivity index (χ1n) is 6.62. The molecule has 0 saturated carbocycles. The molecule has 0 bridgehead atoms. The predicted molar refractivity (Wildman–Crippen MR) is 76.2 cm³/mol. The minimum Gasteiger partial charge on any atom is -0.469 e. The average Bonchev–Trinajstić information content (AvgIpc) is 2.48. The van der Waals surface area contributed by atoms with Crippen molar-refractivity contribution in [3.63, 3.8) is 0 Å². The van der Waals surface area contributed by atoms with Gasteiger partial charge in [0, 0.05) is 18.1 Å². The van der Waals surface area contributed by atoms with Gasteiger partial charge >= 0.3 is 5.97 Å². The molecular weight excluding hydrogens is 276 g/mol. The van der Waals surface area contributed by atoms with Gasteiger partial charge in [0.2, 0.25) is 0 Å². The van der Waals surface area contributed by atoms with E-state index in [1.54, 1.807) is 12.1 Å². The van der Waals surface area contributed by atoms with Crippen molar-refractivity contribution in [1.82, 2.24) is 4.90 Å². The summed E-state index contributed by atoms with van der Waals surface area (Å²) in [7, 11) is 1.43. The maximum absolute atomic E-state index is 11.6. The van der Waals surface area contributed by atoms with Crippen molar-refractivity contribution in [2.45, 2.75) is 19.4 Å². The summed E-state index contributed by atoms with van der Waals surface area (Å²) in [5, 5.41) is 9.43. The predicted octanol–water partition coefficient (Wildman–Crippen LogP) is 2.60. The summed E-state index contributed by atoms with van der Waals surface area (Å²) in [5.41, 5.74) is 1.54. The number of halogens is 1. The molecule has 0 unspecified atom stereocenters. The monoisotopic (exact) mass is 292 g/mol. The number of hydrogen-bond acceptors (Lipinski definition) is 4. The lowest BCUT2D eigenvalue weighted by Gasteiger charge is -2.31. The molecule has 0 aromatic heterocycles. The Hall–Kier alpha value is -1.57. The Morgan fingerprint density at radius 3 is 3.05 bits per heavy atom. The van der Waals surface area contributed by atoms with Gasteiger partial charge in [0.05, 0.1) is 24.7 Å². The third-order valence-corrected chi connectivity index (χ3v) is 3.97. The van der Waals surface area contributed by atoms with E-state index in [9.17, 15) is 4.79 Å². The van der Waals surface area contributed by atoms with E-state index >= 15 is 0 Å². The summed E-state index contributed by atoms with van der Waals surface area (Å²) < 4.78 is 4.81. The molecule has 0 radical (unpaired) electrons. The highest BCUT2D eigenvalue weighted by Gasteiger charge is 2.26. The zero-order valence-electron chi connectivity index (χ0n) is 11.4. The number of ether oxygens (including phenoxy) is 1. The highest BCUT2D eigenvalue weighted by atomic mass is 35.5. The molecule has 20 heavy (non-hydrogen) atoms. The van der Waals surface area contributed by atoms with Crippen molar-refractivity contribution in [3.8, 4) is 6.07 Å². The molecule has 0 spiro atoms. The molecule has 1 saturated heterocycles. The first-order valence-corrected chi connectivity index (χ1v) is 7.00. The van der Waals surface area contributed by atoms with Crippen LogP contribution in [0.4, 0.5) is 0 Å². The van der Waals surface area contributed by atoms with Crippen LogP contribution in [0.1, 0.15) is 24.0 Å². The second kappa shape index (κ2) is 6.74. The van der Waals surface area contributed by atoms with E-state index in [-0.39, 0.29) is 11.9 Å². The molecule has 1 atom stereocenters. The molecule has 2 rings (SSSR count). The highest BCUT2D eigenvalue weighted by Crippen LogP contribution is 2.23. The Morgan fingerprint density at radius 1 is 1.60 bits per heavy atom. The number of rotatable bonds is 3. The van der Waals surface area contributed by atoms with Gasteiger partial charge in [-0.1, -0.05) is 17.7 Å². The Balaban J connectivity index is 2.03. The fourth-order valence-electron chi connectivity index (χ4n) is 2.54. The second-order valence-electron chi connectivity index (χ2n) is 5.02. The molecule has 1 heterocycles. The normalized spacial score (nSPS) is 19.4. The largest absolute Gasteiger partial charge is 0.469 e. The van der Waals surface area contributed by atoms with Crippen molar-refractivity contribution in [1.29, 1.82) is 5.26 Å². The fraction of sp³-hybridized carbons (Fsp3) is 0.467. The lowest BCUT2D eigenvalue weighted by atomic mass is 9.97. The fourth-order valence-corrected chi connectivity index (χ4v) is 2.78. The standard InChI is InChI=1S/C15H17ClN2O2/c1-20-15(19)13-3-2-6-18(10-13)9-12-5-4-11(8-17)7-14(12)16/h4-5,7,13H,2-3,6,9-10H2,1H3/t13-/m0/s1. The summed E-state index contributed by atoms with van der Waals surface area (Å²) in [5.74, 6) is -0.188. The van der Waals surface area contributed by atoms with Crippen LogP contribution in [0.15, 0.2) is 18.2 Å². The number of likely N-dealkylation sites (tertiary alicyclic amines) is 1. The van der Waals surface area contributed by atoms with Crippen molar-refractivity contribution in [3.05, 3.63) is 34.3 Å². The van der Waals surface area contributed by atoms with Crippen LogP contribution in [-0.4, -0.2) is 31.1 Å². The Labute approximate surface area is 123 Å². The summed E-state index contributed by atoms with van der Waals surface area (Å²) in [6.45, 7) is 2.34. The molecule has 0 aliphatic carbocycles. The summed E-state index contributed by atoms with van der Waals surface area (Å²) in [6, 6.07) is 7.39. The molecule has 1 aromatic carbocycles. The Bertz CT molecular complexity index is 539. The van der Waals surface area contributed by atoms with E-state index in [1.165, 1.54) is 7.11 Å². The van der Waals surface area contributed by atoms with Crippen LogP contribution in [-0.2, 0) is 16.1 Å². The lowest BCUT2D eigenvalue weighted by molar-refractivity contribution is -0.147. The number of piperidine rings is 1. The van der Waals surface area contributed by atoms with Gasteiger partial charge in [-0.25, -0.2) is 0 Å². The van der Waals surface area contributed by atoms with E-state index < -0.39 is 0 Å². The number of methoxy groups -OCH3 is 1. The molecule has 1 aromatic rings. The van der Waals surface area contributed by atoms with Crippen LogP contribution in [0.5, 0.6) is 0 Å². The van der Waals surface area contributed by atoms with Crippen molar-refractivity contribution in [2.75, 3.05) is 20.2 Å². The second-order valence-corrected chi connectivity index (χ2v) is 5.42. The first-order chi connectivity index (χ1) is 9.63. The van der Waals surface area contributed by atoms with E-state index in [1.807, 2.05) is 6.07 Å². The van der Waals surface area contributed by atoms with E-state index in [4.69, 9.17) is 21.6 Å². The summed E-state index contributed by atoms with van der Waals surface area (Å²) in [4.78, 5) is 13.8. The van der Waals surface area contributed by atoms with Gasteiger partial charge < -0.3 is 4.74 Å².